The van der Waals surface area contributed by atoms with Crippen LogP contribution < -0.4 is 0 Å². The van der Waals surface area contributed by atoms with Gasteiger partial charge >= 0.3 is 6.09 Å². The molecule has 0 aliphatic rings. The SMILES string of the molecule is CC(=O)CCOC(=O)N(C)C. The predicted octanol–water partition coefficient (Wildman–Crippen LogP) is 0.664. The van der Waals surface area contributed by atoms with E-state index in [0.717, 1.165) is 0 Å². The van der Waals surface area contributed by atoms with E-state index in [0.29, 0.717) is 6.42 Å². The van der Waals surface area contributed by atoms with E-state index in [1.54, 1.807) is 14.1 Å². The molecular formula is C7H13NO3. The van der Waals surface area contributed by atoms with Crippen LogP contribution in [0.25, 0.3) is 0 Å². The molecule has 0 radical (unpaired) electrons. The fraction of sp³-hybridized carbons (Fsp3) is 0.714. The smallest absolute Gasteiger partial charge is 0.409 e. The fourth-order valence-corrected chi connectivity index (χ4v) is 0.411. The summed E-state index contributed by atoms with van der Waals surface area (Å²) in [5, 5.41) is 0. The maximum atomic E-state index is 10.7. The Morgan fingerprint density at radius 2 is 1.91 bits per heavy atom. The Morgan fingerprint density at radius 1 is 1.36 bits per heavy atom. The van der Waals surface area contributed by atoms with Gasteiger partial charge in [0.15, 0.2) is 0 Å². The molecular weight excluding hydrogens is 146 g/mol. The summed E-state index contributed by atoms with van der Waals surface area (Å²) in [5.41, 5.74) is 0. The van der Waals surface area contributed by atoms with Crippen molar-refractivity contribution in [3.63, 3.8) is 0 Å². The molecule has 64 valence electrons. The van der Waals surface area contributed by atoms with E-state index in [2.05, 4.69) is 4.74 Å². The van der Waals surface area contributed by atoms with Gasteiger partial charge in [0.1, 0.15) is 12.4 Å². The van der Waals surface area contributed by atoms with Crippen LogP contribution in [0.3, 0.4) is 0 Å². The highest BCUT2D eigenvalue weighted by atomic mass is 16.6. The van der Waals surface area contributed by atoms with Crippen molar-refractivity contribution in [2.45, 2.75) is 13.3 Å². The number of rotatable bonds is 3. The van der Waals surface area contributed by atoms with E-state index < -0.39 is 6.09 Å². The molecule has 0 fully saturated rings. The van der Waals surface area contributed by atoms with E-state index in [1.165, 1.54) is 11.8 Å². The van der Waals surface area contributed by atoms with Crippen molar-refractivity contribution >= 4 is 11.9 Å². The first-order valence-corrected chi connectivity index (χ1v) is 3.37. The molecule has 4 heteroatoms. The molecule has 0 aromatic carbocycles. The quantitative estimate of drug-likeness (QED) is 0.607. The van der Waals surface area contributed by atoms with Crippen LogP contribution in [0.2, 0.25) is 0 Å². The summed E-state index contributed by atoms with van der Waals surface area (Å²) >= 11 is 0. The zero-order valence-corrected chi connectivity index (χ0v) is 7.09. The Balaban J connectivity index is 3.39. The number of Topliss-reactive ketones (excluding diaryl/α,β-unsaturated/α-hetero) is 1. The normalized spacial score (nSPS) is 9.00. The topological polar surface area (TPSA) is 46.6 Å². The van der Waals surface area contributed by atoms with Gasteiger partial charge in [0, 0.05) is 20.5 Å². The van der Waals surface area contributed by atoms with Gasteiger partial charge in [0.2, 0.25) is 0 Å². The molecule has 0 unspecified atom stereocenters. The van der Waals surface area contributed by atoms with Crippen molar-refractivity contribution in [2.75, 3.05) is 20.7 Å². The minimum absolute atomic E-state index is 0.0246. The van der Waals surface area contributed by atoms with Crippen LogP contribution in [0.4, 0.5) is 4.79 Å². The van der Waals surface area contributed by atoms with Crippen LogP contribution in [-0.4, -0.2) is 37.5 Å². The maximum absolute atomic E-state index is 10.7. The first kappa shape index (κ1) is 9.94. The number of ketones is 1. The van der Waals surface area contributed by atoms with Crippen molar-refractivity contribution in [1.29, 1.82) is 0 Å². The highest BCUT2D eigenvalue weighted by molar-refractivity contribution is 5.76. The number of hydrogen-bond donors (Lipinski definition) is 0. The minimum Gasteiger partial charge on any atom is -0.449 e. The van der Waals surface area contributed by atoms with E-state index in [1.807, 2.05) is 0 Å². The molecule has 0 atom stereocenters. The molecule has 0 aromatic heterocycles. The number of carbonyl (C=O) groups excluding carboxylic acids is 2. The summed E-state index contributed by atoms with van der Waals surface area (Å²) in [6, 6.07) is 0. The summed E-state index contributed by atoms with van der Waals surface area (Å²) in [5.74, 6) is 0.0246. The van der Waals surface area contributed by atoms with Crippen LogP contribution in [0.15, 0.2) is 0 Å². The summed E-state index contributed by atoms with van der Waals surface area (Å²) in [6.45, 7) is 1.63. The van der Waals surface area contributed by atoms with Crippen LogP contribution in [0.5, 0.6) is 0 Å². The zero-order chi connectivity index (χ0) is 8.85. The molecule has 0 spiro atoms. The van der Waals surface area contributed by atoms with Crippen LogP contribution >= 0.6 is 0 Å². The van der Waals surface area contributed by atoms with Crippen molar-refractivity contribution in [3.8, 4) is 0 Å². The van der Waals surface area contributed by atoms with E-state index >= 15 is 0 Å². The van der Waals surface area contributed by atoms with Gasteiger partial charge in [-0.1, -0.05) is 0 Å². The van der Waals surface area contributed by atoms with Gasteiger partial charge < -0.3 is 9.64 Å². The molecule has 0 aliphatic carbocycles. The molecule has 0 aliphatic heterocycles. The number of nitrogens with zero attached hydrogens (tertiary/aromatic N) is 1. The molecule has 0 N–H and O–H groups in total. The highest BCUT2D eigenvalue weighted by Crippen LogP contribution is 1.89. The Labute approximate surface area is 66.1 Å². The molecule has 4 nitrogen and oxygen atoms in total. The largest absolute Gasteiger partial charge is 0.449 e. The van der Waals surface area contributed by atoms with Gasteiger partial charge in [-0.05, 0) is 6.92 Å². The van der Waals surface area contributed by atoms with E-state index in [4.69, 9.17) is 0 Å². The predicted molar refractivity (Wildman–Crippen MR) is 40.3 cm³/mol. The molecule has 0 saturated heterocycles. The Hall–Kier alpha value is -1.06. The number of ether oxygens (including phenoxy) is 1. The lowest BCUT2D eigenvalue weighted by Crippen LogP contribution is -2.23. The number of carbonyl (C=O) groups is 2. The Kier molecular flexibility index (Phi) is 4.26. The second kappa shape index (κ2) is 4.71. The lowest BCUT2D eigenvalue weighted by atomic mass is 10.3. The summed E-state index contributed by atoms with van der Waals surface area (Å²) in [4.78, 5) is 22.4. The van der Waals surface area contributed by atoms with Crippen molar-refractivity contribution < 1.29 is 14.3 Å². The second-order valence-corrected chi connectivity index (χ2v) is 2.46. The molecule has 0 bridgehead atoms. The van der Waals surface area contributed by atoms with Gasteiger partial charge in [0.05, 0.1) is 0 Å². The maximum Gasteiger partial charge on any atom is 0.409 e. The standard InChI is InChI=1S/C7H13NO3/c1-6(9)4-5-11-7(10)8(2)3/h4-5H2,1-3H3. The average Bonchev–Trinajstić information content (AvgIpc) is 1.86. The molecule has 1 amide bonds. The van der Waals surface area contributed by atoms with Crippen molar-refractivity contribution in [1.82, 2.24) is 4.90 Å². The van der Waals surface area contributed by atoms with E-state index in [9.17, 15) is 9.59 Å². The molecule has 0 aromatic rings. The van der Waals surface area contributed by atoms with Gasteiger partial charge in [-0.2, -0.15) is 0 Å². The fourth-order valence-electron chi connectivity index (χ4n) is 0.411. The summed E-state index contributed by atoms with van der Waals surface area (Å²) < 4.78 is 4.68. The first-order chi connectivity index (χ1) is 5.04. The van der Waals surface area contributed by atoms with Crippen LogP contribution in [0.1, 0.15) is 13.3 Å². The number of hydrogen-bond acceptors (Lipinski definition) is 3. The van der Waals surface area contributed by atoms with Crippen LogP contribution in [0, 0.1) is 0 Å². The monoisotopic (exact) mass is 159 g/mol. The van der Waals surface area contributed by atoms with Crippen molar-refractivity contribution in [3.05, 3.63) is 0 Å². The Morgan fingerprint density at radius 3 is 2.27 bits per heavy atom. The van der Waals surface area contributed by atoms with Crippen molar-refractivity contribution in [2.24, 2.45) is 0 Å². The van der Waals surface area contributed by atoms with Gasteiger partial charge in [0.25, 0.3) is 0 Å². The van der Waals surface area contributed by atoms with Gasteiger partial charge in [-0.15, -0.1) is 0 Å². The third-order valence-electron chi connectivity index (χ3n) is 1.04. The summed E-state index contributed by atoms with van der Waals surface area (Å²) in [6.07, 6.45) is -0.120. The minimum atomic E-state index is -0.411. The lowest BCUT2D eigenvalue weighted by molar-refractivity contribution is -0.117. The first-order valence-electron chi connectivity index (χ1n) is 3.37. The lowest BCUT2D eigenvalue weighted by Gasteiger charge is -2.09. The highest BCUT2D eigenvalue weighted by Gasteiger charge is 2.03. The van der Waals surface area contributed by atoms with Crippen LogP contribution in [-0.2, 0) is 9.53 Å². The summed E-state index contributed by atoms with van der Waals surface area (Å²) in [7, 11) is 3.19. The van der Waals surface area contributed by atoms with Gasteiger partial charge in [-0.3, -0.25) is 4.79 Å². The van der Waals surface area contributed by atoms with Gasteiger partial charge in [-0.25, -0.2) is 4.79 Å². The molecule has 0 saturated carbocycles. The number of amides is 1. The van der Waals surface area contributed by atoms with E-state index in [-0.39, 0.29) is 12.4 Å². The third-order valence-corrected chi connectivity index (χ3v) is 1.04. The average molecular weight is 159 g/mol. The molecule has 0 heterocycles. The molecule has 11 heavy (non-hydrogen) atoms. The Bertz CT molecular complexity index is 154. The zero-order valence-electron chi connectivity index (χ0n) is 7.09. The third kappa shape index (κ3) is 5.39. The molecule has 0 rings (SSSR count). The second-order valence-electron chi connectivity index (χ2n) is 2.46.